The predicted molar refractivity (Wildman–Crippen MR) is 132 cm³/mol. The van der Waals surface area contributed by atoms with Crippen molar-refractivity contribution in [3.8, 4) is 5.75 Å². The second-order valence-electron chi connectivity index (χ2n) is 8.42. The highest BCUT2D eigenvalue weighted by atomic mass is 32.2. The van der Waals surface area contributed by atoms with Gasteiger partial charge in [0, 0.05) is 26.1 Å². The Morgan fingerprint density at radius 1 is 1.06 bits per heavy atom. The molecule has 180 valence electrons. The van der Waals surface area contributed by atoms with Crippen LogP contribution < -0.4 is 14.4 Å². The van der Waals surface area contributed by atoms with Gasteiger partial charge in [-0.15, -0.1) is 0 Å². The van der Waals surface area contributed by atoms with Gasteiger partial charge in [-0.1, -0.05) is 36.4 Å². The molecule has 1 heterocycles. The fourth-order valence-electron chi connectivity index (χ4n) is 4.04. The highest BCUT2D eigenvalue weighted by Crippen LogP contribution is 2.30. The summed E-state index contributed by atoms with van der Waals surface area (Å²) >= 11 is 0. The van der Waals surface area contributed by atoms with E-state index in [2.05, 4.69) is 34.5 Å². The highest BCUT2D eigenvalue weighted by molar-refractivity contribution is 7.92. The minimum Gasteiger partial charge on any atom is -0.492 e. The topological polar surface area (TPSA) is 79.0 Å². The van der Waals surface area contributed by atoms with Crippen LogP contribution in [-0.2, 0) is 27.9 Å². The fourth-order valence-corrected chi connectivity index (χ4v) is 5.01. The van der Waals surface area contributed by atoms with Gasteiger partial charge in [0.05, 0.1) is 18.6 Å². The molecule has 1 N–H and O–H groups in total. The average molecular weight is 474 g/mol. The largest absolute Gasteiger partial charge is 0.492 e. The molecule has 1 aliphatic heterocycles. The molecule has 2 aromatic rings. The number of hydrogen-bond donors (Lipinski definition) is 1. The van der Waals surface area contributed by atoms with Crippen molar-refractivity contribution in [1.29, 1.82) is 0 Å². The molecule has 0 unspecified atom stereocenters. The number of carbonyl (C=O) groups excluding carboxylic acids is 1. The van der Waals surface area contributed by atoms with Gasteiger partial charge in [-0.05, 0) is 62.5 Å². The Morgan fingerprint density at radius 2 is 1.73 bits per heavy atom. The molecule has 1 fully saturated rings. The fraction of sp³-hybridized carbons (Fsp3) is 0.480. The lowest BCUT2D eigenvalue weighted by atomic mass is 10.1. The van der Waals surface area contributed by atoms with Crippen molar-refractivity contribution < 1.29 is 17.9 Å². The summed E-state index contributed by atoms with van der Waals surface area (Å²) in [6, 6.07) is 15.4. The lowest BCUT2D eigenvalue weighted by molar-refractivity contribution is -0.121. The zero-order valence-electron chi connectivity index (χ0n) is 19.6. The molecule has 1 amide bonds. The summed E-state index contributed by atoms with van der Waals surface area (Å²) in [6.45, 7) is 6.30. The van der Waals surface area contributed by atoms with Gasteiger partial charge in [-0.3, -0.25) is 14.0 Å². The Labute approximate surface area is 197 Å². The summed E-state index contributed by atoms with van der Waals surface area (Å²) in [4.78, 5) is 14.8. The van der Waals surface area contributed by atoms with Gasteiger partial charge in [0.2, 0.25) is 15.9 Å². The van der Waals surface area contributed by atoms with E-state index >= 15 is 0 Å². The number of hydrogen-bond acceptors (Lipinski definition) is 5. The Balaban J connectivity index is 1.47. The molecule has 2 aromatic carbocycles. The normalized spacial score (nSPS) is 14.2. The molecule has 33 heavy (non-hydrogen) atoms. The van der Waals surface area contributed by atoms with E-state index in [1.807, 2.05) is 6.92 Å². The number of sulfonamides is 1. The second kappa shape index (κ2) is 12.0. The molecule has 0 aromatic heterocycles. The monoisotopic (exact) mass is 473 g/mol. The van der Waals surface area contributed by atoms with Crippen molar-refractivity contribution in [2.45, 2.75) is 45.7 Å². The SMILES string of the molecule is CCOc1ccccc1N(CCCC(=O)NCc1ccc(CN2CCCC2)cc1)S(C)(=O)=O. The van der Waals surface area contributed by atoms with Crippen molar-refractivity contribution in [2.24, 2.45) is 0 Å². The maximum atomic E-state index is 12.4. The molecule has 0 radical (unpaired) electrons. The molecule has 1 aliphatic rings. The molecule has 0 aliphatic carbocycles. The first-order chi connectivity index (χ1) is 15.9. The number of benzene rings is 2. The third kappa shape index (κ3) is 7.75. The van der Waals surface area contributed by atoms with Crippen LogP contribution in [0.4, 0.5) is 5.69 Å². The number of ether oxygens (including phenoxy) is 1. The highest BCUT2D eigenvalue weighted by Gasteiger charge is 2.21. The quantitative estimate of drug-likeness (QED) is 0.510. The van der Waals surface area contributed by atoms with Crippen LogP contribution in [0.1, 0.15) is 43.7 Å². The second-order valence-corrected chi connectivity index (χ2v) is 10.3. The Bertz CT molecular complexity index is 1000. The van der Waals surface area contributed by atoms with Gasteiger partial charge >= 0.3 is 0 Å². The van der Waals surface area contributed by atoms with E-state index in [0.717, 1.165) is 12.1 Å². The average Bonchev–Trinajstić information content (AvgIpc) is 3.29. The predicted octanol–water partition coefficient (Wildman–Crippen LogP) is 3.54. The lowest BCUT2D eigenvalue weighted by Gasteiger charge is -2.24. The third-order valence-electron chi connectivity index (χ3n) is 5.72. The maximum Gasteiger partial charge on any atom is 0.232 e. The molecular formula is C25H35N3O4S. The molecular weight excluding hydrogens is 438 g/mol. The van der Waals surface area contributed by atoms with Crippen LogP contribution in [0.5, 0.6) is 5.75 Å². The molecule has 0 saturated carbocycles. The minimum atomic E-state index is -3.51. The zero-order chi connectivity index (χ0) is 23.7. The first-order valence-electron chi connectivity index (χ1n) is 11.6. The van der Waals surface area contributed by atoms with E-state index in [-0.39, 0.29) is 18.9 Å². The Morgan fingerprint density at radius 3 is 2.39 bits per heavy atom. The zero-order valence-corrected chi connectivity index (χ0v) is 20.4. The molecule has 3 rings (SSSR count). The van der Waals surface area contributed by atoms with E-state index in [1.165, 1.54) is 42.1 Å². The van der Waals surface area contributed by atoms with Crippen molar-refractivity contribution in [3.05, 3.63) is 59.7 Å². The van der Waals surface area contributed by atoms with Crippen LogP contribution in [0.15, 0.2) is 48.5 Å². The minimum absolute atomic E-state index is 0.0947. The van der Waals surface area contributed by atoms with Crippen molar-refractivity contribution >= 4 is 21.6 Å². The molecule has 1 saturated heterocycles. The molecule has 8 heteroatoms. The van der Waals surface area contributed by atoms with Crippen molar-refractivity contribution in [3.63, 3.8) is 0 Å². The smallest absolute Gasteiger partial charge is 0.232 e. The lowest BCUT2D eigenvalue weighted by Crippen LogP contribution is -2.32. The van der Waals surface area contributed by atoms with E-state index in [1.54, 1.807) is 24.3 Å². The molecule has 7 nitrogen and oxygen atoms in total. The summed E-state index contributed by atoms with van der Waals surface area (Å²) < 4.78 is 31.7. The summed E-state index contributed by atoms with van der Waals surface area (Å²) in [5.74, 6) is 0.422. The maximum absolute atomic E-state index is 12.4. The first-order valence-corrected chi connectivity index (χ1v) is 13.5. The molecule has 0 bridgehead atoms. The number of para-hydroxylation sites is 2. The summed E-state index contributed by atoms with van der Waals surface area (Å²) in [5.41, 5.74) is 2.84. The van der Waals surface area contributed by atoms with E-state index in [4.69, 9.17) is 4.74 Å². The van der Waals surface area contributed by atoms with Crippen LogP contribution >= 0.6 is 0 Å². The van der Waals surface area contributed by atoms with Crippen molar-refractivity contribution in [2.75, 3.05) is 36.8 Å². The number of nitrogens with zero attached hydrogens (tertiary/aromatic N) is 2. The summed E-state index contributed by atoms with van der Waals surface area (Å²) in [5, 5.41) is 2.93. The standard InChI is InChI=1S/C25H35N3O4S/c1-3-32-24-10-5-4-9-23(24)28(33(2,30)31)18-8-11-25(29)26-19-21-12-14-22(15-13-21)20-27-16-6-7-17-27/h4-5,9-10,12-15H,3,6-8,11,16-20H2,1-2H3,(H,26,29). The van der Waals surface area contributed by atoms with Gasteiger partial charge < -0.3 is 10.1 Å². The number of anilines is 1. The van der Waals surface area contributed by atoms with Gasteiger partial charge in [-0.2, -0.15) is 0 Å². The van der Waals surface area contributed by atoms with Crippen LogP contribution in [0, 0.1) is 0 Å². The number of carbonyl (C=O) groups is 1. The Hall–Kier alpha value is -2.58. The first kappa shape index (κ1) is 25.1. The third-order valence-corrected chi connectivity index (χ3v) is 6.90. The molecule has 0 spiro atoms. The van der Waals surface area contributed by atoms with Gasteiger partial charge in [0.25, 0.3) is 0 Å². The number of amides is 1. The van der Waals surface area contributed by atoms with Gasteiger partial charge in [0.15, 0.2) is 0 Å². The summed E-state index contributed by atoms with van der Waals surface area (Å²) in [6.07, 6.45) is 4.39. The van der Waals surface area contributed by atoms with Gasteiger partial charge in [0.1, 0.15) is 5.75 Å². The molecule has 0 atom stereocenters. The van der Waals surface area contributed by atoms with Crippen molar-refractivity contribution in [1.82, 2.24) is 10.2 Å². The van der Waals surface area contributed by atoms with E-state index < -0.39 is 10.0 Å². The van der Waals surface area contributed by atoms with Crippen LogP contribution in [0.25, 0.3) is 0 Å². The number of rotatable bonds is 12. The summed E-state index contributed by atoms with van der Waals surface area (Å²) in [7, 11) is -3.51. The number of nitrogens with one attached hydrogen (secondary N) is 1. The Kier molecular flexibility index (Phi) is 9.14. The van der Waals surface area contributed by atoms with Gasteiger partial charge in [-0.25, -0.2) is 8.42 Å². The number of likely N-dealkylation sites (tertiary alicyclic amines) is 1. The van der Waals surface area contributed by atoms with E-state index in [0.29, 0.717) is 31.0 Å². The van der Waals surface area contributed by atoms with E-state index in [9.17, 15) is 13.2 Å². The van der Waals surface area contributed by atoms with Crippen LogP contribution in [0.2, 0.25) is 0 Å². The van der Waals surface area contributed by atoms with Crippen LogP contribution in [-0.4, -0.2) is 51.7 Å². The van der Waals surface area contributed by atoms with Crippen LogP contribution in [0.3, 0.4) is 0 Å².